The molecule has 1 aromatic heterocycles. The van der Waals surface area contributed by atoms with Crippen molar-refractivity contribution in [3.63, 3.8) is 0 Å². The van der Waals surface area contributed by atoms with Gasteiger partial charge in [0, 0.05) is 18.7 Å². The number of hydrogen-bond acceptors (Lipinski definition) is 3. The van der Waals surface area contributed by atoms with Crippen molar-refractivity contribution in [2.75, 3.05) is 23.4 Å². The summed E-state index contributed by atoms with van der Waals surface area (Å²) in [7, 11) is 2.16. The summed E-state index contributed by atoms with van der Waals surface area (Å²) < 4.78 is 22.3. The summed E-state index contributed by atoms with van der Waals surface area (Å²) in [5.74, 6) is 0.221. The minimum absolute atomic E-state index is 0.174. The molecule has 1 heterocycles. The Morgan fingerprint density at radius 2 is 1.84 bits per heavy atom. The van der Waals surface area contributed by atoms with Gasteiger partial charge in [-0.05, 0) is 41.2 Å². The molecule has 1 amide bonds. The zero-order chi connectivity index (χ0) is 22.9. The van der Waals surface area contributed by atoms with Crippen molar-refractivity contribution in [2.24, 2.45) is 7.05 Å². The summed E-state index contributed by atoms with van der Waals surface area (Å²) in [6.07, 6.45) is 2.45. The maximum absolute atomic E-state index is 13.3. The maximum atomic E-state index is 13.3. The van der Waals surface area contributed by atoms with E-state index in [9.17, 15) is 9.00 Å². The minimum atomic E-state index is -1.29. The van der Waals surface area contributed by atoms with Gasteiger partial charge in [0.25, 0.3) is 5.91 Å². The standard InChI is InChI=1S/C24H31N3O3S/c1-8-15-10-9-11-16-12-20(27(5)21(15)16)23(28)25-18-13-17(24(2,3)4)14-19(22(18)30-6)26-31(7)29/h9-14,26H,8H2,1-7H3,(H,25,28). The van der Waals surface area contributed by atoms with Gasteiger partial charge in [-0.1, -0.05) is 45.9 Å². The molecule has 0 saturated heterocycles. The lowest BCUT2D eigenvalue weighted by atomic mass is 9.86. The Bertz CT molecular complexity index is 1160. The lowest BCUT2D eigenvalue weighted by molar-refractivity contribution is 0.101. The molecule has 2 aromatic carbocycles. The van der Waals surface area contributed by atoms with E-state index in [1.165, 1.54) is 12.7 Å². The molecule has 6 nitrogen and oxygen atoms in total. The number of amides is 1. The van der Waals surface area contributed by atoms with Gasteiger partial charge in [-0.2, -0.15) is 0 Å². The van der Waals surface area contributed by atoms with Crippen LogP contribution in [0.2, 0.25) is 0 Å². The van der Waals surface area contributed by atoms with E-state index in [1.807, 2.05) is 41.9 Å². The fourth-order valence-electron chi connectivity index (χ4n) is 3.80. The number of methoxy groups -OCH3 is 1. The number of para-hydroxylation sites is 1. The second-order valence-electron chi connectivity index (χ2n) is 8.66. The second-order valence-corrected chi connectivity index (χ2v) is 9.77. The molecule has 0 bridgehead atoms. The molecule has 0 fully saturated rings. The van der Waals surface area contributed by atoms with E-state index >= 15 is 0 Å². The summed E-state index contributed by atoms with van der Waals surface area (Å²) in [6.45, 7) is 8.37. The van der Waals surface area contributed by atoms with Crippen LogP contribution < -0.4 is 14.8 Å². The van der Waals surface area contributed by atoms with Crippen LogP contribution in [0, 0.1) is 0 Å². The van der Waals surface area contributed by atoms with Gasteiger partial charge in [0.1, 0.15) is 16.7 Å². The van der Waals surface area contributed by atoms with E-state index < -0.39 is 11.0 Å². The molecule has 0 spiro atoms. The highest BCUT2D eigenvalue weighted by Crippen LogP contribution is 2.39. The molecule has 7 heteroatoms. The van der Waals surface area contributed by atoms with Crippen molar-refractivity contribution in [3.05, 3.63) is 53.2 Å². The number of fused-ring (bicyclic) bond motifs is 1. The number of benzene rings is 2. The van der Waals surface area contributed by atoms with Crippen molar-refractivity contribution in [1.29, 1.82) is 0 Å². The highest BCUT2D eigenvalue weighted by molar-refractivity contribution is 7.85. The topological polar surface area (TPSA) is 72.4 Å². The number of anilines is 2. The largest absolute Gasteiger partial charge is 0.492 e. The Hall–Kier alpha value is -2.80. The average molecular weight is 442 g/mol. The lowest BCUT2D eigenvalue weighted by Gasteiger charge is -2.23. The predicted molar refractivity (Wildman–Crippen MR) is 130 cm³/mol. The van der Waals surface area contributed by atoms with Crippen LogP contribution >= 0.6 is 0 Å². The predicted octanol–water partition coefficient (Wildman–Crippen LogP) is 5.00. The molecule has 1 atom stereocenters. The van der Waals surface area contributed by atoms with Crippen LogP contribution in [0.5, 0.6) is 5.75 Å². The number of hydrogen-bond donors (Lipinski definition) is 2. The zero-order valence-electron chi connectivity index (χ0n) is 19.3. The monoisotopic (exact) mass is 441 g/mol. The van der Waals surface area contributed by atoms with Gasteiger partial charge in [-0.15, -0.1) is 0 Å². The van der Waals surface area contributed by atoms with Crippen LogP contribution in [0.3, 0.4) is 0 Å². The number of carbonyl (C=O) groups excluding carboxylic acids is 1. The Morgan fingerprint density at radius 1 is 1.16 bits per heavy atom. The summed E-state index contributed by atoms with van der Waals surface area (Å²) >= 11 is 0. The fourth-order valence-corrected chi connectivity index (χ4v) is 4.26. The van der Waals surface area contributed by atoms with Gasteiger partial charge >= 0.3 is 0 Å². The van der Waals surface area contributed by atoms with Crippen molar-refractivity contribution in [2.45, 2.75) is 39.5 Å². The molecule has 166 valence electrons. The number of nitrogens with zero attached hydrogens (tertiary/aromatic N) is 1. The van der Waals surface area contributed by atoms with Gasteiger partial charge < -0.3 is 19.3 Å². The number of aryl methyl sites for hydroxylation is 2. The van der Waals surface area contributed by atoms with Crippen molar-refractivity contribution < 1.29 is 13.7 Å². The van der Waals surface area contributed by atoms with Crippen LogP contribution in [-0.2, 0) is 29.9 Å². The van der Waals surface area contributed by atoms with Crippen LogP contribution in [0.4, 0.5) is 11.4 Å². The van der Waals surface area contributed by atoms with Gasteiger partial charge in [-0.3, -0.25) is 4.79 Å². The first-order chi connectivity index (χ1) is 14.6. The van der Waals surface area contributed by atoms with Gasteiger partial charge in [0.05, 0.1) is 24.0 Å². The third-order valence-electron chi connectivity index (χ3n) is 5.41. The van der Waals surface area contributed by atoms with Gasteiger partial charge in [0.15, 0.2) is 5.75 Å². The number of nitrogens with one attached hydrogen (secondary N) is 2. The van der Waals surface area contributed by atoms with E-state index in [-0.39, 0.29) is 11.3 Å². The number of ether oxygens (including phenoxy) is 1. The van der Waals surface area contributed by atoms with Gasteiger partial charge in [-0.25, -0.2) is 4.21 Å². The molecule has 0 aliphatic rings. The normalized spacial score (nSPS) is 12.6. The number of rotatable bonds is 6. The SMILES string of the molecule is CCc1cccc2cc(C(=O)Nc3cc(C(C)(C)C)cc(NS(C)=O)c3OC)n(C)c12. The van der Waals surface area contributed by atoms with Crippen LogP contribution in [0.15, 0.2) is 36.4 Å². The summed E-state index contributed by atoms with van der Waals surface area (Å²) in [4.78, 5) is 13.3. The van der Waals surface area contributed by atoms with E-state index in [0.717, 1.165) is 22.9 Å². The first kappa shape index (κ1) is 22.9. The Kier molecular flexibility index (Phi) is 6.46. The van der Waals surface area contributed by atoms with E-state index in [0.29, 0.717) is 22.8 Å². The molecule has 1 unspecified atom stereocenters. The van der Waals surface area contributed by atoms with Crippen LogP contribution in [0.25, 0.3) is 10.9 Å². The van der Waals surface area contributed by atoms with E-state index in [2.05, 4.69) is 43.8 Å². The molecular weight excluding hydrogens is 410 g/mol. The summed E-state index contributed by atoms with van der Waals surface area (Å²) in [5.41, 5.74) is 4.75. The minimum Gasteiger partial charge on any atom is -0.492 e. The molecule has 3 rings (SSSR count). The number of aromatic nitrogens is 1. The first-order valence-electron chi connectivity index (χ1n) is 10.3. The Labute approximate surface area is 186 Å². The summed E-state index contributed by atoms with van der Waals surface area (Å²) in [5, 5.41) is 4.05. The molecule has 0 aliphatic heterocycles. The third kappa shape index (κ3) is 4.61. The molecular formula is C24H31N3O3S. The van der Waals surface area contributed by atoms with Crippen molar-refractivity contribution in [3.8, 4) is 5.75 Å². The second kappa shape index (κ2) is 8.75. The average Bonchev–Trinajstić information content (AvgIpc) is 3.03. The van der Waals surface area contributed by atoms with Gasteiger partial charge in [0.2, 0.25) is 0 Å². The molecule has 0 aliphatic carbocycles. The molecule has 3 aromatic rings. The molecule has 31 heavy (non-hydrogen) atoms. The smallest absolute Gasteiger partial charge is 0.272 e. The third-order valence-corrected chi connectivity index (χ3v) is 5.92. The molecule has 0 radical (unpaired) electrons. The summed E-state index contributed by atoms with van der Waals surface area (Å²) in [6, 6.07) is 11.9. The van der Waals surface area contributed by atoms with E-state index in [4.69, 9.17) is 4.74 Å². The van der Waals surface area contributed by atoms with Crippen molar-refractivity contribution >= 4 is 39.2 Å². The van der Waals surface area contributed by atoms with Crippen molar-refractivity contribution in [1.82, 2.24) is 4.57 Å². The molecule has 0 saturated carbocycles. The fraction of sp³-hybridized carbons (Fsp3) is 0.375. The van der Waals surface area contributed by atoms with Crippen LogP contribution in [-0.4, -0.2) is 28.0 Å². The van der Waals surface area contributed by atoms with E-state index in [1.54, 1.807) is 6.26 Å². The van der Waals surface area contributed by atoms with Crippen LogP contribution in [0.1, 0.15) is 49.3 Å². The molecule has 2 N–H and O–H groups in total. The zero-order valence-corrected chi connectivity index (χ0v) is 20.1. The Morgan fingerprint density at radius 3 is 2.42 bits per heavy atom. The highest BCUT2D eigenvalue weighted by Gasteiger charge is 2.23. The highest BCUT2D eigenvalue weighted by atomic mass is 32.2. The lowest BCUT2D eigenvalue weighted by Crippen LogP contribution is -2.19. The quantitative estimate of drug-likeness (QED) is 0.565. The maximum Gasteiger partial charge on any atom is 0.272 e. The first-order valence-corrected chi connectivity index (χ1v) is 11.8. The Balaban J connectivity index is 2.09. The number of carbonyl (C=O) groups is 1.